The molecule has 2 aromatic rings. The summed E-state index contributed by atoms with van der Waals surface area (Å²) in [4.78, 5) is 10.4. The second-order valence-corrected chi connectivity index (χ2v) is 7.46. The number of halogens is 1. The number of aromatic nitrogens is 1. The van der Waals surface area contributed by atoms with Crippen LogP contribution in [0.15, 0.2) is 29.4 Å². The van der Waals surface area contributed by atoms with E-state index in [4.69, 9.17) is 9.73 Å². The maximum atomic E-state index is 13.3. The number of nitrogens with zero attached hydrogens (tertiary/aromatic N) is 2. The topological polar surface area (TPSA) is 52.7 Å². The number of guanidine groups is 1. The molecule has 140 valence electrons. The van der Waals surface area contributed by atoms with Gasteiger partial charge in [-0.3, -0.25) is 4.99 Å². The van der Waals surface area contributed by atoms with Crippen molar-refractivity contribution in [1.29, 1.82) is 0 Å². The third kappa shape index (κ3) is 3.43. The Labute approximate surface area is 153 Å². The molecule has 2 aliphatic heterocycles. The molecule has 6 heteroatoms. The minimum atomic E-state index is -0.211. The number of hydrogen-bond donors (Lipinski definition) is 2. The SMILES string of the molecule is CCNC(=NCCc1c[nH]c2cc(F)ccc12)N1CCC2(CCOC2)C1. The van der Waals surface area contributed by atoms with Gasteiger partial charge >= 0.3 is 0 Å². The van der Waals surface area contributed by atoms with E-state index >= 15 is 0 Å². The van der Waals surface area contributed by atoms with Crippen LogP contribution < -0.4 is 5.32 Å². The van der Waals surface area contributed by atoms with Crippen molar-refractivity contribution in [3.05, 3.63) is 35.8 Å². The minimum absolute atomic E-state index is 0.211. The lowest BCUT2D eigenvalue weighted by atomic mass is 9.87. The lowest BCUT2D eigenvalue weighted by Crippen LogP contribution is -2.41. The molecule has 5 nitrogen and oxygen atoms in total. The van der Waals surface area contributed by atoms with E-state index in [0.29, 0.717) is 12.0 Å². The largest absolute Gasteiger partial charge is 0.381 e. The van der Waals surface area contributed by atoms with Crippen LogP contribution in [0.4, 0.5) is 4.39 Å². The zero-order valence-electron chi connectivity index (χ0n) is 15.4. The molecule has 0 bridgehead atoms. The molecule has 1 aromatic heterocycles. The highest BCUT2D eigenvalue weighted by molar-refractivity contribution is 5.83. The van der Waals surface area contributed by atoms with Crippen molar-refractivity contribution in [2.24, 2.45) is 10.4 Å². The molecule has 1 aromatic carbocycles. The van der Waals surface area contributed by atoms with Gasteiger partial charge in [0.2, 0.25) is 0 Å². The first-order chi connectivity index (χ1) is 12.7. The smallest absolute Gasteiger partial charge is 0.193 e. The highest BCUT2D eigenvalue weighted by atomic mass is 19.1. The van der Waals surface area contributed by atoms with Gasteiger partial charge in [-0.25, -0.2) is 4.39 Å². The Kier molecular flexibility index (Phi) is 4.85. The molecule has 2 aliphatic rings. The molecule has 2 saturated heterocycles. The molecule has 0 aliphatic carbocycles. The van der Waals surface area contributed by atoms with Crippen LogP contribution in [-0.4, -0.2) is 55.2 Å². The standard InChI is InChI=1S/C20H27FN4O/c1-2-22-19(25-9-6-20(13-25)7-10-26-14-20)23-8-5-15-12-24-18-11-16(21)3-4-17(15)18/h3-4,11-12,24H,2,5-10,13-14H2,1H3,(H,22,23). The van der Waals surface area contributed by atoms with Crippen LogP contribution in [0, 0.1) is 11.2 Å². The second kappa shape index (κ2) is 7.27. The summed E-state index contributed by atoms with van der Waals surface area (Å²) in [5, 5.41) is 4.51. The van der Waals surface area contributed by atoms with Crippen molar-refractivity contribution in [3.63, 3.8) is 0 Å². The lowest BCUT2D eigenvalue weighted by molar-refractivity contribution is 0.156. The highest BCUT2D eigenvalue weighted by Crippen LogP contribution is 2.38. The van der Waals surface area contributed by atoms with Crippen LogP contribution in [0.2, 0.25) is 0 Å². The fourth-order valence-corrected chi connectivity index (χ4v) is 4.16. The number of benzene rings is 1. The Hall–Kier alpha value is -2.08. The van der Waals surface area contributed by atoms with E-state index in [1.165, 1.54) is 18.1 Å². The summed E-state index contributed by atoms with van der Waals surface area (Å²) in [6.45, 7) is 7.54. The van der Waals surface area contributed by atoms with Gasteiger partial charge in [-0.15, -0.1) is 0 Å². The van der Waals surface area contributed by atoms with Crippen LogP contribution in [0.25, 0.3) is 10.9 Å². The van der Waals surface area contributed by atoms with Gasteiger partial charge in [0.05, 0.1) is 6.61 Å². The summed E-state index contributed by atoms with van der Waals surface area (Å²) >= 11 is 0. The molecule has 0 radical (unpaired) electrons. The van der Waals surface area contributed by atoms with E-state index in [1.807, 2.05) is 12.3 Å². The monoisotopic (exact) mass is 358 g/mol. The summed E-state index contributed by atoms with van der Waals surface area (Å²) < 4.78 is 19.0. The molecule has 4 rings (SSSR count). The van der Waals surface area contributed by atoms with Crippen molar-refractivity contribution < 1.29 is 9.13 Å². The number of nitrogens with one attached hydrogen (secondary N) is 2. The molecule has 1 unspecified atom stereocenters. The summed E-state index contributed by atoms with van der Waals surface area (Å²) in [6.07, 6.45) is 5.15. The van der Waals surface area contributed by atoms with E-state index in [1.54, 1.807) is 6.07 Å². The van der Waals surface area contributed by atoms with E-state index in [0.717, 1.165) is 62.6 Å². The Morgan fingerprint density at radius 1 is 1.42 bits per heavy atom. The molecule has 0 saturated carbocycles. The molecule has 26 heavy (non-hydrogen) atoms. The zero-order valence-corrected chi connectivity index (χ0v) is 15.4. The van der Waals surface area contributed by atoms with Crippen molar-refractivity contribution in [3.8, 4) is 0 Å². The van der Waals surface area contributed by atoms with E-state index in [2.05, 4.69) is 22.1 Å². The predicted molar refractivity (Wildman–Crippen MR) is 102 cm³/mol. The molecule has 1 atom stereocenters. The first-order valence-corrected chi connectivity index (χ1v) is 9.56. The molecule has 1 spiro atoms. The fraction of sp³-hybridized carbons (Fsp3) is 0.550. The highest BCUT2D eigenvalue weighted by Gasteiger charge is 2.42. The first-order valence-electron chi connectivity index (χ1n) is 9.56. The second-order valence-electron chi connectivity index (χ2n) is 7.46. The number of aromatic amines is 1. The van der Waals surface area contributed by atoms with Crippen molar-refractivity contribution in [1.82, 2.24) is 15.2 Å². The van der Waals surface area contributed by atoms with Gasteiger partial charge in [0.1, 0.15) is 5.82 Å². The average molecular weight is 358 g/mol. The molecule has 3 heterocycles. The molecule has 2 fully saturated rings. The van der Waals surface area contributed by atoms with Crippen LogP contribution in [0.1, 0.15) is 25.3 Å². The van der Waals surface area contributed by atoms with Gasteiger partial charge in [0.25, 0.3) is 0 Å². The Bertz CT molecular complexity index is 794. The molecule has 0 amide bonds. The van der Waals surface area contributed by atoms with Crippen molar-refractivity contribution in [2.75, 3.05) is 39.4 Å². The van der Waals surface area contributed by atoms with E-state index in [-0.39, 0.29) is 5.82 Å². The maximum absolute atomic E-state index is 13.3. The van der Waals surface area contributed by atoms with Gasteiger partial charge < -0.3 is 19.9 Å². The van der Waals surface area contributed by atoms with Crippen LogP contribution in [0.3, 0.4) is 0 Å². The summed E-state index contributed by atoms with van der Waals surface area (Å²) in [5.41, 5.74) is 2.36. The predicted octanol–water partition coefficient (Wildman–Crippen LogP) is 2.93. The van der Waals surface area contributed by atoms with Gasteiger partial charge in [-0.1, -0.05) is 0 Å². The summed E-state index contributed by atoms with van der Waals surface area (Å²) in [7, 11) is 0. The van der Waals surface area contributed by atoms with Gasteiger partial charge in [-0.05, 0) is 49.9 Å². The van der Waals surface area contributed by atoms with E-state index < -0.39 is 0 Å². The first kappa shape index (κ1) is 17.3. The number of rotatable bonds is 4. The van der Waals surface area contributed by atoms with Crippen LogP contribution in [-0.2, 0) is 11.2 Å². The third-order valence-corrected chi connectivity index (χ3v) is 5.63. The lowest BCUT2D eigenvalue weighted by Gasteiger charge is -2.25. The summed E-state index contributed by atoms with van der Waals surface area (Å²) in [6, 6.07) is 4.90. The Balaban J connectivity index is 1.43. The van der Waals surface area contributed by atoms with Gasteiger partial charge in [0.15, 0.2) is 5.96 Å². The average Bonchev–Trinajstić information content (AvgIpc) is 3.36. The van der Waals surface area contributed by atoms with Crippen LogP contribution in [0.5, 0.6) is 0 Å². The van der Waals surface area contributed by atoms with Gasteiger partial charge in [0, 0.05) is 55.3 Å². The zero-order chi connectivity index (χ0) is 18.0. The normalized spacial score (nSPS) is 23.5. The Morgan fingerprint density at radius 2 is 2.35 bits per heavy atom. The fourth-order valence-electron chi connectivity index (χ4n) is 4.16. The van der Waals surface area contributed by atoms with Crippen molar-refractivity contribution >= 4 is 16.9 Å². The number of likely N-dealkylation sites (tertiary alicyclic amines) is 1. The third-order valence-electron chi connectivity index (χ3n) is 5.63. The maximum Gasteiger partial charge on any atom is 0.193 e. The van der Waals surface area contributed by atoms with Crippen molar-refractivity contribution in [2.45, 2.75) is 26.2 Å². The number of ether oxygens (including phenoxy) is 1. The number of hydrogen-bond acceptors (Lipinski definition) is 2. The molecule has 2 N–H and O–H groups in total. The number of aliphatic imine (C=N–C) groups is 1. The quantitative estimate of drug-likeness (QED) is 0.653. The van der Waals surface area contributed by atoms with E-state index in [9.17, 15) is 4.39 Å². The number of H-pyrrole nitrogens is 1. The minimum Gasteiger partial charge on any atom is -0.381 e. The molecular formula is C20H27FN4O. The molecular weight excluding hydrogens is 331 g/mol. The van der Waals surface area contributed by atoms with Crippen LogP contribution >= 0.6 is 0 Å². The Morgan fingerprint density at radius 3 is 3.15 bits per heavy atom. The number of fused-ring (bicyclic) bond motifs is 1. The van der Waals surface area contributed by atoms with Gasteiger partial charge in [-0.2, -0.15) is 0 Å². The summed E-state index contributed by atoms with van der Waals surface area (Å²) in [5.74, 6) is 0.791.